The number of hydrogen-bond acceptors (Lipinski definition) is 3. The highest BCUT2D eigenvalue weighted by Crippen LogP contribution is 2.25. The van der Waals surface area contributed by atoms with Crippen molar-refractivity contribution in [3.63, 3.8) is 0 Å². The van der Waals surface area contributed by atoms with Gasteiger partial charge in [-0.2, -0.15) is 0 Å². The number of rotatable bonds is 3. The first kappa shape index (κ1) is 14.3. The lowest BCUT2D eigenvalue weighted by Crippen LogP contribution is -2.40. The summed E-state index contributed by atoms with van der Waals surface area (Å²) in [6.45, 7) is 7.94. The van der Waals surface area contributed by atoms with Gasteiger partial charge in [0.1, 0.15) is 4.75 Å². The van der Waals surface area contributed by atoms with Gasteiger partial charge < -0.3 is 4.55 Å². The zero-order valence-corrected chi connectivity index (χ0v) is 12.6. The van der Waals surface area contributed by atoms with Crippen molar-refractivity contribution < 1.29 is 4.55 Å². The van der Waals surface area contributed by atoms with E-state index in [4.69, 9.17) is 0 Å². The highest BCUT2D eigenvalue weighted by atomic mass is 32.2. The number of pyridine rings is 1. The average Bonchev–Trinajstić information content (AvgIpc) is 2.36. The number of aromatic nitrogens is 1. The summed E-state index contributed by atoms with van der Waals surface area (Å²) >= 11 is -1.08. The Balaban J connectivity index is 2.29. The van der Waals surface area contributed by atoms with Crippen molar-refractivity contribution in [2.24, 2.45) is 0 Å². The van der Waals surface area contributed by atoms with Gasteiger partial charge in [0.05, 0.1) is 6.04 Å². The molecular formula is C15H20N2OS. The molecule has 3 nitrogen and oxygen atoms in total. The molecule has 0 amide bonds. The molecule has 0 saturated heterocycles. The Morgan fingerprint density at radius 3 is 2.68 bits per heavy atom. The predicted octanol–water partition coefficient (Wildman–Crippen LogP) is 3.35. The fourth-order valence-corrected chi connectivity index (χ4v) is 2.73. The molecular weight excluding hydrogens is 256 g/mol. The van der Waals surface area contributed by atoms with E-state index in [1.165, 1.54) is 0 Å². The monoisotopic (exact) mass is 276 g/mol. The first-order valence-electron chi connectivity index (χ1n) is 6.40. The van der Waals surface area contributed by atoms with Crippen molar-refractivity contribution >= 4 is 22.1 Å². The first-order valence-corrected chi connectivity index (χ1v) is 7.55. The molecule has 19 heavy (non-hydrogen) atoms. The predicted molar refractivity (Wildman–Crippen MR) is 81.2 cm³/mol. The lowest BCUT2D eigenvalue weighted by molar-refractivity contribution is 0.532. The van der Waals surface area contributed by atoms with Crippen LogP contribution in [0.15, 0.2) is 36.7 Å². The zero-order valence-electron chi connectivity index (χ0n) is 11.8. The van der Waals surface area contributed by atoms with Gasteiger partial charge in [0.2, 0.25) is 0 Å². The Morgan fingerprint density at radius 2 is 2.00 bits per heavy atom. The molecule has 1 aromatic heterocycles. The van der Waals surface area contributed by atoms with Crippen molar-refractivity contribution in [1.82, 2.24) is 9.71 Å². The molecule has 4 heteroatoms. The summed E-state index contributed by atoms with van der Waals surface area (Å²) in [5, 5.41) is 2.26. The molecule has 0 radical (unpaired) electrons. The summed E-state index contributed by atoms with van der Waals surface area (Å²) in [5.74, 6) is 0. The standard InChI is InChI=1S/C15H20N2OS/c1-11(17-19(18)15(2,3)4)13-7-5-6-12-10-16-9-8-14(12)13/h5-11,17H,1-4H3/t11?,19-/m1/s1. The summed E-state index contributed by atoms with van der Waals surface area (Å²) in [4.78, 5) is 4.13. The van der Waals surface area contributed by atoms with E-state index in [-0.39, 0.29) is 10.8 Å². The fraction of sp³-hybridized carbons (Fsp3) is 0.400. The van der Waals surface area contributed by atoms with E-state index >= 15 is 0 Å². The topological polar surface area (TPSA) is 48.0 Å². The van der Waals surface area contributed by atoms with Crippen molar-refractivity contribution in [2.75, 3.05) is 0 Å². The van der Waals surface area contributed by atoms with Gasteiger partial charge in [-0.1, -0.05) is 18.2 Å². The molecule has 1 heterocycles. The van der Waals surface area contributed by atoms with Crippen LogP contribution in [-0.2, 0) is 11.4 Å². The van der Waals surface area contributed by atoms with Gasteiger partial charge >= 0.3 is 0 Å². The molecule has 0 saturated carbocycles. The molecule has 0 aliphatic carbocycles. The second kappa shape index (κ2) is 5.49. The fourth-order valence-electron chi connectivity index (χ4n) is 1.93. The van der Waals surface area contributed by atoms with Crippen molar-refractivity contribution in [2.45, 2.75) is 38.5 Å². The molecule has 0 spiro atoms. The molecule has 0 aliphatic heterocycles. The van der Waals surface area contributed by atoms with Crippen LogP contribution in [0, 0.1) is 0 Å². The average molecular weight is 276 g/mol. The van der Waals surface area contributed by atoms with Gasteiger partial charge in [0, 0.05) is 29.1 Å². The number of benzene rings is 1. The van der Waals surface area contributed by atoms with E-state index in [0.717, 1.165) is 16.3 Å². The minimum absolute atomic E-state index is 0.0335. The third kappa shape index (κ3) is 3.26. The van der Waals surface area contributed by atoms with E-state index in [1.54, 1.807) is 6.20 Å². The number of fused-ring (bicyclic) bond motifs is 1. The Hall–Kier alpha value is -1.10. The first-order chi connectivity index (χ1) is 8.89. The van der Waals surface area contributed by atoms with Crippen LogP contribution in [0.25, 0.3) is 10.8 Å². The molecule has 0 aliphatic rings. The molecule has 1 aromatic carbocycles. The summed E-state index contributed by atoms with van der Waals surface area (Å²) in [7, 11) is 0. The van der Waals surface area contributed by atoms with Gasteiger partial charge in [-0.05, 0) is 44.7 Å². The largest absolute Gasteiger partial charge is 0.598 e. The van der Waals surface area contributed by atoms with Crippen LogP contribution < -0.4 is 4.72 Å². The van der Waals surface area contributed by atoms with Crippen LogP contribution in [-0.4, -0.2) is 14.3 Å². The maximum Gasteiger partial charge on any atom is 0.136 e. The van der Waals surface area contributed by atoms with Crippen LogP contribution in [0.2, 0.25) is 0 Å². The Morgan fingerprint density at radius 1 is 1.26 bits per heavy atom. The van der Waals surface area contributed by atoms with E-state index in [9.17, 15) is 4.55 Å². The maximum atomic E-state index is 12.2. The Labute approximate surface area is 117 Å². The normalized spacial score (nSPS) is 15.4. The van der Waals surface area contributed by atoms with Crippen LogP contribution >= 0.6 is 0 Å². The third-order valence-electron chi connectivity index (χ3n) is 3.02. The van der Waals surface area contributed by atoms with Gasteiger partial charge in [-0.3, -0.25) is 4.98 Å². The van der Waals surface area contributed by atoms with Crippen LogP contribution in [0.5, 0.6) is 0 Å². The lowest BCUT2D eigenvalue weighted by Gasteiger charge is -2.27. The molecule has 2 rings (SSSR count). The van der Waals surface area contributed by atoms with E-state index < -0.39 is 11.4 Å². The van der Waals surface area contributed by atoms with Crippen LogP contribution in [0.1, 0.15) is 39.3 Å². The SMILES string of the molecule is CC(N[S@+]([O-])C(C)(C)C)c1cccc2cnccc12. The van der Waals surface area contributed by atoms with E-state index in [1.807, 2.05) is 52.1 Å². The van der Waals surface area contributed by atoms with Gasteiger partial charge in [-0.15, -0.1) is 4.72 Å². The molecule has 0 bridgehead atoms. The number of nitrogens with zero attached hydrogens (tertiary/aromatic N) is 1. The molecule has 0 fully saturated rings. The summed E-state index contributed by atoms with van der Waals surface area (Å²) in [6, 6.07) is 8.16. The van der Waals surface area contributed by atoms with Gasteiger partial charge in [0.25, 0.3) is 0 Å². The summed E-state index contributed by atoms with van der Waals surface area (Å²) in [6.07, 6.45) is 3.64. The van der Waals surface area contributed by atoms with Crippen LogP contribution in [0.3, 0.4) is 0 Å². The van der Waals surface area contributed by atoms with Crippen molar-refractivity contribution in [3.8, 4) is 0 Å². The molecule has 1 unspecified atom stereocenters. The second-order valence-electron chi connectivity index (χ2n) is 5.66. The minimum atomic E-state index is -1.08. The molecule has 2 aromatic rings. The zero-order chi connectivity index (χ0) is 14.0. The Bertz CT molecular complexity index is 560. The second-order valence-corrected chi connectivity index (χ2v) is 7.66. The summed E-state index contributed by atoms with van der Waals surface area (Å²) < 4.78 is 15.1. The van der Waals surface area contributed by atoms with Crippen LogP contribution in [0.4, 0.5) is 0 Å². The smallest absolute Gasteiger partial charge is 0.136 e. The maximum absolute atomic E-state index is 12.2. The quantitative estimate of drug-likeness (QED) is 0.875. The highest BCUT2D eigenvalue weighted by molar-refractivity contribution is 7.90. The van der Waals surface area contributed by atoms with E-state index in [2.05, 4.69) is 15.8 Å². The highest BCUT2D eigenvalue weighted by Gasteiger charge is 2.28. The molecule has 2 atom stereocenters. The lowest BCUT2D eigenvalue weighted by atomic mass is 10.0. The summed E-state index contributed by atoms with van der Waals surface area (Å²) in [5.41, 5.74) is 1.15. The van der Waals surface area contributed by atoms with E-state index in [0.29, 0.717) is 0 Å². The number of hydrogen-bond donors (Lipinski definition) is 1. The van der Waals surface area contributed by atoms with Gasteiger partial charge in [-0.25, -0.2) is 0 Å². The molecule has 1 N–H and O–H groups in total. The minimum Gasteiger partial charge on any atom is -0.598 e. The van der Waals surface area contributed by atoms with Crippen molar-refractivity contribution in [1.29, 1.82) is 0 Å². The van der Waals surface area contributed by atoms with Gasteiger partial charge in [0.15, 0.2) is 0 Å². The molecule has 102 valence electrons. The third-order valence-corrected chi connectivity index (χ3v) is 4.70. The Kier molecular flexibility index (Phi) is 4.13. The van der Waals surface area contributed by atoms with Crippen molar-refractivity contribution in [3.05, 3.63) is 42.2 Å². The number of nitrogens with one attached hydrogen (secondary N) is 1.